The van der Waals surface area contributed by atoms with Crippen molar-refractivity contribution >= 4 is 17.2 Å². The van der Waals surface area contributed by atoms with E-state index < -0.39 is 0 Å². The Balaban J connectivity index is 1.79. The molecule has 2 aromatic rings. The maximum Gasteiger partial charge on any atom is 0.242 e. The molecule has 0 radical (unpaired) electrons. The van der Waals surface area contributed by atoms with Gasteiger partial charge >= 0.3 is 0 Å². The van der Waals surface area contributed by atoms with E-state index >= 15 is 0 Å². The molecule has 2 heterocycles. The second kappa shape index (κ2) is 7.43. The van der Waals surface area contributed by atoms with Crippen molar-refractivity contribution < 1.29 is 9.90 Å². The Morgan fingerprint density at radius 3 is 3.20 bits per heavy atom. The molecule has 2 N–H and O–H groups in total. The van der Waals surface area contributed by atoms with Crippen molar-refractivity contribution in [3.63, 3.8) is 0 Å². The molecule has 0 saturated heterocycles. The van der Waals surface area contributed by atoms with Crippen molar-refractivity contribution in [1.29, 1.82) is 0 Å². The summed E-state index contributed by atoms with van der Waals surface area (Å²) in [4.78, 5) is 16.5. The molecule has 0 aromatic carbocycles. The number of carbonyl (C=O) groups excluding carboxylic acids is 1. The van der Waals surface area contributed by atoms with Crippen LogP contribution in [0.15, 0.2) is 24.1 Å². The first kappa shape index (κ1) is 14.2. The van der Waals surface area contributed by atoms with E-state index in [1.807, 2.05) is 11.4 Å². The first-order valence-electron chi connectivity index (χ1n) is 6.04. The second-order valence-electron chi connectivity index (χ2n) is 3.95. The van der Waals surface area contributed by atoms with Crippen LogP contribution in [0.1, 0.15) is 16.9 Å². The van der Waals surface area contributed by atoms with Gasteiger partial charge in [-0.15, -0.1) is 11.3 Å². The Morgan fingerprint density at radius 1 is 1.55 bits per heavy atom. The molecule has 104 valence electrons. The molecule has 0 saturated carbocycles. The van der Waals surface area contributed by atoms with E-state index in [2.05, 4.69) is 27.2 Å². The number of hydrogen-bond acceptors (Lipinski definition) is 5. The number of nitrogens with one attached hydrogen (secondary N) is 1. The number of thiophene rings is 1. The Hall–Kier alpha value is -2.17. The normalized spacial score (nSPS) is 9.85. The summed E-state index contributed by atoms with van der Waals surface area (Å²) in [6.45, 7) is 0.705. The number of aliphatic hydroxyl groups excluding tert-OH is 1. The van der Waals surface area contributed by atoms with Gasteiger partial charge < -0.3 is 10.4 Å². The summed E-state index contributed by atoms with van der Waals surface area (Å²) < 4.78 is 1.47. The maximum absolute atomic E-state index is 11.7. The average Bonchev–Trinajstić information content (AvgIpc) is 3.08. The maximum atomic E-state index is 11.7. The zero-order valence-electron chi connectivity index (χ0n) is 10.7. The Morgan fingerprint density at radius 2 is 2.45 bits per heavy atom. The zero-order chi connectivity index (χ0) is 14.2. The van der Waals surface area contributed by atoms with Gasteiger partial charge in [0.25, 0.3) is 0 Å². The lowest BCUT2D eigenvalue weighted by Gasteiger charge is -2.02. The summed E-state index contributed by atoms with van der Waals surface area (Å²) in [6.07, 6.45) is 3.36. The topological polar surface area (TPSA) is 80.0 Å². The van der Waals surface area contributed by atoms with Crippen LogP contribution in [0.5, 0.6) is 0 Å². The average molecular weight is 290 g/mol. The minimum absolute atomic E-state index is 0.0718. The molecule has 2 rings (SSSR count). The molecule has 0 spiro atoms. The number of aromatic nitrogens is 3. The predicted octanol–water partition coefficient (Wildman–Crippen LogP) is 0.390. The molecule has 0 bridgehead atoms. The molecule has 7 heteroatoms. The first-order chi connectivity index (χ1) is 9.78. The van der Waals surface area contributed by atoms with Gasteiger partial charge in [-0.05, 0) is 6.07 Å². The van der Waals surface area contributed by atoms with Gasteiger partial charge in [0.05, 0.1) is 13.2 Å². The van der Waals surface area contributed by atoms with Crippen molar-refractivity contribution in [2.24, 2.45) is 0 Å². The number of aliphatic hydroxyl groups is 1. The van der Waals surface area contributed by atoms with Crippen LogP contribution in [-0.4, -0.2) is 32.4 Å². The quantitative estimate of drug-likeness (QED) is 0.781. The molecule has 0 fully saturated rings. The van der Waals surface area contributed by atoms with Crippen LogP contribution in [0.4, 0.5) is 0 Å². The highest BCUT2D eigenvalue weighted by Gasteiger charge is 2.04. The monoisotopic (exact) mass is 290 g/mol. The minimum Gasteiger partial charge on any atom is -0.395 e. The summed E-state index contributed by atoms with van der Waals surface area (Å²) >= 11 is 1.54. The van der Waals surface area contributed by atoms with Gasteiger partial charge in [-0.25, -0.2) is 9.67 Å². The third kappa shape index (κ3) is 4.50. The van der Waals surface area contributed by atoms with Crippen molar-refractivity contribution in [3.8, 4) is 11.8 Å². The highest BCUT2D eigenvalue weighted by atomic mass is 32.1. The fourth-order valence-electron chi connectivity index (χ4n) is 1.46. The van der Waals surface area contributed by atoms with Crippen molar-refractivity contribution in [3.05, 3.63) is 34.5 Å². The van der Waals surface area contributed by atoms with Crippen molar-refractivity contribution in [2.75, 3.05) is 6.61 Å². The summed E-state index contributed by atoms with van der Waals surface area (Å²) in [7, 11) is 0. The molecule has 1 amide bonds. The Labute approximate surface area is 120 Å². The highest BCUT2D eigenvalue weighted by Crippen LogP contribution is 2.13. The van der Waals surface area contributed by atoms with Crippen LogP contribution in [0.3, 0.4) is 0 Å². The first-order valence-corrected chi connectivity index (χ1v) is 6.92. The Bertz CT molecular complexity index is 610. The lowest BCUT2D eigenvalue weighted by atomic mass is 10.3. The van der Waals surface area contributed by atoms with Crippen LogP contribution in [-0.2, 0) is 17.9 Å². The van der Waals surface area contributed by atoms with Gasteiger partial charge in [0, 0.05) is 22.2 Å². The molecular formula is C13H14N4O2S. The van der Waals surface area contributed by atoms with Gasteiger partial charge in [0.2, 0.25) is 5.91 Å². The second-order valence-corrected chi connectivity index (χ2v) is 4.94. The smallest absolute Gasteiger partial charge is 0.242 e. The molecule has 6 nitrogen and oxygen atoms in total. The van der Waals surface area contributed by atoms with Crippen LogP contribution in [0.2, 0.25) is 0 Å². The van der Waals surface area contributed by atoms with E-state index in [-0.39, 0.29) is 19.1 Å². The third-order valence-corrected chi connectivity index (χ3v) is 3.29. The van der Waals surface area contributed by atoms with Gasteiger partial charge in [0.15, 0.2) is 0 Å². The van der Waals surface area contributed by atoms with Crippen molar-refractivity contribution in [2.45, 2.75) is 19.5 Å². The molecule has 0 atom stereocenters. The summed E-state index contributed by atoms with van der Waals surface area (Å²) in [5.41, 5.74) is 0.906. The van der Waals surface area contributed by atoms with Crippen LogP contribution in [0, 0.1) is 11.8 Å². The highest BCUT2D eigenvalue weighted by molar-refractivity contribution is 7.10. The minimum atomic E-state index is -0.114. The number of rotatable bonds is 5. The molecular weight excluding hydrogens is 276 g/mol. The fraction of sp³-hybridized carbons (Fsp3) is 0.308. The molecule has 20 heavy (non-hydrogen) atoms. The molecule has 0 unspecified atom stereocenters. The van der Waals surface area contributed by atoms with Crippen LogP contribution < -0.4 is 5.32 Å². The fourth-order valence-corrected chi connectivity index (χ4v) is 2.22. The number of hydrogen-bond donors (Lipinski definition) is 2. The molecule has 2 aromatic heterocycles. The Kier molecular flexibility index (Phi) is 5.29. The predicted molar refractivity (Wildman–Crippen MR) is 74.8 cm³/mol. The summed E-state index contributed by atoms with van der Waals surface area (Å²) in [5.74, 6) is 5.70. The van der Waals surface area contributed by atoms with E-state index in [9.17, 15) is 4.79 Å². The van der Waals surface area contributed by atoms with Crippen LogP contribution in [0.25, 0.3) is 0 Å². The molecule has 0 aliphatic carbocycles. The summed E-state index contributed by atoms with van der Waals surface area (Å²) in [5, 5.41) is 17.3. The lowest BCUT2D eigenvalue weighted by Crippen LogP contribution is -2.26. The van der Waals surface area contributed by atoms with Crippen molar-refractivity contribution in [1.82, 2.24) is 20.1 Å². The van der Waals surface area contributed by atoms with Crippen LogP contribution >= 0.6 is 11.3 Å². The third-order valence-electron chi connectivity index (χ3n) is 2.36. The van der Waals surface area contributed by atoms with Gasteiger partial charge in [-0.3, -0.25) is 4.79 Å². The zero-order valence-corrected chi connectivity index (χ0v) is 11.6. The van der Waals surface area contributed by atoms with Gasteiger partial charge in [-0.1, -0.05) is 11.8 Å². The standard InChI is InChI=1S/C13H14N4O2S/c18-4-2-1-3-11-5-12(20-8-11)6-15-13(19)7-17-10-14-9-16-17/h5,8-10,18H,2,4,6-7H2,(H,15,19). The van der Waals surface area contributed by atoms with E-state index in [0.717, 1.165) is 10.4 Å². The van der Waals surface area contributed by atoms with E-state index in [1.54, 1.807) is 11.3 Å². The lowest BCUT2D eigenvalue weighted by molar-refractivity contribution is -0.122. The molecule has 0 aliphatic heterocycles. The number of nitrogens with zero attached hydrogens (tertiary/aromatic N) is 3. The largest absolute Gasteiger partial charge is 0.395 e. The number of carbonyl (C=O) groups is 1. The van der Waals surface area contributed by atoms with E-state index in [0.29, 0.717) is 13.0 Å². The van der Waals surface area contributed by atoms with Gasteiger partial charge in [-0.2, -0.15) is 5.10 Å². The van der Waals surface area contributed by atoms with E-state index in [1.165, 1.54) is 17.3 Å². The van der Waals surface area contributed by atoms with Gasteiger partial charge in [0.1, 0.15) is 19.2 Å². The summed E-state index contributed by atoms with van der Waals surface area (Å²) in [6, 6.07) is 1.94. The molecule has 0 aliphatic rings. The SMILES string of the molecule is O=C(Cn1cncn1)NCc1cc(C#CCCO)cs1. The number of amides is 1. The van der Waals surface area contributed by atoms with E-state index in [4.69, 9.17) is 5.11 Å².